The van der Waals surface area contributed by atoms with Crippen LogP contribution in [0.2, 0.25) is 0 Å². The van der Waals surface area contributed by atoms with Crippen LogP contribution in [0.4, 0.5) is 5.69 Å². The summed E-state index contributed by atoms with van der Waals surface area (Å²) in [6, 6.07) is 14.7. The zero-order valence-electron chi connectivity index (χ0n) is 14.5. The molecule has 2 amide bonds. The molecule has 2 heterocycles. The number of para-hydroxylation sites is 3. The number of hydrogen-bond donors (Lipinski definition) is 1. The van der Waals surface area contributed by atoms with Crippen molar-refractivity contribution >= 4 is 28.5 Å². The number of rotatable bonds is 2. The molecular formula is C20H18N2O4. The average molecular weight is 350 g/mol. The highest BCUT2D eigenvalue weighted by atomic mass is 16.5. The van der Waals surface area contributed by atoms with Crippen LogP contribution in [-0.2, 0) is 4.79 Å². The first-order valence-electron chi connectivity index (χ1n) is 8.37. The molecule has 1 atom stereocenters. The molecule has 1 unspecified atom stereocenters. The van der Waals surface area contributed by atoms with E-state index in [1.54, 1.807) is 30.1 Å². The lowest BCUT2D eigenvalue weighted by molar-refractivity contribution is -0.127. The highest BCUT2D eigenvalue weighted by Gasteiger charge is 2.35. The molecule has 2 aromatic carbocycles. The van der Waals surface area contributed by atoms with Crippen molar-refractivity contribution in [2.75, 3.05) is 18.5 Å². The first-order valence-corrected chi connectivity index (χ1v) is 8.37. The number of fused-ring (bicyclic) bond motifs is 2. The van der Waals surface area contributed by atoms with E-state index < -0.39 is 6.10 Å². The largest absolute Gasteiger partial charge is 0.477 e. The zero-order valence-corrected chi connectivity index (χ0v) is 14.5. The minimum Gasteiger partial charge on any atom is -0.477 e. The number of benzene rings is 2. The molecule has 1 aliphatic heterocycles. The van der Waals surface area contributed by atoms with Gasteiger partial charge in [0.25, 0.3) is 11.8 Å². The van der Waals surface area contributed by atoms with Gasteiger partial charge in [0.15, 0.2) is 11.9 Å². The molecule has 1 aromatic heterocycles. The molecule has 0 radical (unpaired) electrons. The topological polar surface area (TPSA) is 71.8 Å². The molecule has 3 aromatic rings. The van der Waals surface area contributed by atoms with Crippen molar-refractivity contribution < 1.29 is 18.7 Å². The lowest BCUT2D eigenvalue weighted by Crippen LogP contribution is -2.50. The van der Waals surface area contributed by atoms with Crippen LogP contribution in [0.15, 0.2) is 52.9 Å². The van der Waals surface area contributed by atoms with Gasteiger partial charge in [0.05, 0.1) is 12.2 Å². The molecular weight excluding hydrogens is 332 g/mol. The maximum atomic E-state index is 13.3. The van der Waals surface area contributed by atoms with Crippen molar-refractivity contribution in [3.05, 3.63) is 59.9 Å². The van der Waals surface area contributed by atoms with E-state index in [0.717, 1.165) is 10.9 Å². The van der Waals surface area contributed by atoms with Gasteiger partial charge < -0.3 is 14.5 Å². The Morgan fingerprint density at radius 1 is 1.12 bits per heavy atom. The van der Waals surface area contributed by atoms with Crippen LogP contribution in [0.3, 0.4) is 0 Å². The van der Waals surface area contributed by atoms with Gasteiger partial charge in [0.2, 0.25) is 0 Å². The van der Waals surface area contributed by atoms with E-state index in [4.69, 9.17) is 9.15 Å². The van der Waals surface area contributed by atoms with Gasteiger partial charge in [0.1, 0.15) is 11.3 Å². The van der Waals surface area contributed by atoms with Crippen molar-refractivity contribution in [3.63, 3.8) is 0 Å². The number of nitrogens with one attached hydrogen (secondary N) is 1. The molecule has 0 spiro atoms. The normalized spacial score (nSPS) is 16.1. The Bertz CT molecular complexity index is 1010. The van der Waals surface area contributed by atoms with E-state index in [2.05, 4.69) is 5.32 Å². The molecule has 6 nitrogen and oxygen atoms in total. The number of ether oxygens (including phenoxy) is 1. The maximum absolute atomic E-state index is 13.3. The smallest absolute Gasteiger partial charge is 0.294 e. The molecule has 6 heteroatoms. The first-order chi connectivity index (χ1) is 12.6. The second kappa shape index (κ2) is 6.22. The van der Waals surface area contributed by atoms with Crippen LogP contribution in [-0.4, -0.2) is 31.5 Å². The molecule has 0 fully saturated rings. The van der Waals surface area contributed by atoms with Crippen molar-refractivity contribution in [1.82, 2.24) is 5.32 Å². The Morgan fingerprint density at radius 3 is 2.62 bits per heavy atom. The standard InChI is InChI=1S/C20H18N2O4/c1-12-13-7-3-5-9-15(13)26-18(12)20(24)22-11-17(19(23)21-2)25-16-10-6-4-8-14(16)22/h3-10,17H,11H2,1-2H3,(H,21,23). The van der Waals surface area contributed by atoms with Gasteiger partial charge in [-0.05, 0) is 25.1 Å². The van der Waals surface area contributed by atoms with Gasteiger partial charge >= 0.3 is 0 Å². The van der Waals surface area contributed by atoms with Crippen LogP contribution in [0.25, 0.3) is 11.0 Å². The summed E-state index contributed by atoms with van der Waals surface area (Å²) in [4.78, 5) is 26.9. The second-order valence-electron chi connectivity index (χ2n) is 6.16. The Hall–Kier alpha value is -3.28. The Labute approximate surface area is 150 Å². The lowest BCUT2D eigenvalue weighted by Gasteiger charge is -2.33. The summed E-state index contributed by atoms with van der Waals surface area (Å²) in [6.07, 6.45) is -0.775. The summed E-state index contributed by atoms with van der Waals surface area (Å²) in [7, 11) is 1.54. The molecule has 1 aliphatic rings. The number of anilines is 1. The van der Waals surface area contributed by atoms with E-state index in [0.29, 0.717) is 17.0 Å². The summed E-state index contributed by atoms with van der Waals surface area (Å²) >= 11 is 0. The number of amides is 2. The quantitative estimate of drug-likeness (QED) is 0.771. The number of aryl methyl sites for hydroxylation is 1. The fraction of sp³-hybridized carbons (Fsp3) is 0.200. The first kappa shape index (κ1) is 16.2. The number of furan rings is 1. The van der Waals surface area contributed by atoms with E-state index in [9.17, 15) is 9.59 Å². The number of hydrogen-bond acceptors (Lipinski definition) is 4. The summed E-state index contributed by atoms with van der Waals surface area (Å²) in [5, 5.41) is 3.48. The van der Waals surface area contributed by atoms with Gasteiger partial charge in [-0.1, -0.05) is 30.3 Å². The zero-order chi connectivity index (χ0) is 18.3. The van der Waals surface area contributed by atoms with E-state index in [-0.39, 0.29) is 24.1 Å². The molecule has 0 saturated carbocycles. The summed E-state index contributed by atoms with van der Waals surface area (Å²) < 4.78 is 11.6. The second-order valence-corrected chi connectivity index (χ2v) is 6.16. The van der Waals surface area contributed by atoms with Crippen LogP contribution in [0.1, 0.15) is 16.1 Å². The molecule has 0 aliphatic carbocycles. The van der Waals surface area contributed by atoms with Gasteiger partial charge in [-0.2, -0.15) is 0 Å². The van der Waals surface area contributed by atoms with Crippen molar-refractivity contribution in [3.8, 4) is 5.75 Å². The maximum Gasteiger partial charge on any atom is 0.294 e. The third-order valence-electron chi connectivity index (χ3n) is 4.60. The molecule has 0 bridgehead atoms. The van der Waals surface area contributed by atoms with E-state index in [1.807, 2.05) is 37.3 Å². The van der Waals surface area contributed by atoms with Crippen LogP contribution < -0.4 is 15.0 Å². The van der Waals surface area contributed by atoms with Crippen LogP contribution in [0.5, 0.6) is 5.75 Å². The van der Waals surface area contributed by atoms with Gasteiger partial charge in [0, 0.05) is 18.0 Å². The highest BCUT2D eigenvalue weighted by Crippen LogP contribution is 2.35. The predicted octanol–water partition coefficient (Wildman–Crippen LogP) is 2.90. The highest BCUT2D eigenvalue weighted by molar-refractivity contribution is 6.09. The van der Waals surface area contributed by atoms with Gasteiger partial charge in [-0.3, -0.25) is 14.5 Å². The fourth-order valence-electron chi connectivity index (χ4n) is 3.23. The number of carbonyl (C=O) groups is 2. The Morgan fingerprint density at radius 2 is 1.85 bits per heavy atom. The van der Waals surface area contributed by atoms with Gasteiger partial charge in [-0.15, -0.1) is 0 Å². The number of carbonyl (C=O) groups excluding carboxylic acids is 2. The van der Waals surface area contributed by atoms with Crippen LogP contribution >= 0.6 is 0 Å². The summed E-state index contributed by atoms with van der Waals surface area (Å²) in [6.45, 7) is 1.98. The minimum absolute atomic E-state index is 0.117. The average Bonchev–Trinajstić information content (AvgIpc) is 3.03. The van der Waals surface area contributed by atoms with Crippen molar-refractivity contribution in [2.24, 2.45) is 0 Å². The predicted molar refractivity (Wildman–Crippen MR) is 97.6 cm³/mol. The number of likely N-dealkylation sites (N-methyl/N-ethyl adjacent to an activating group) is 1. The van der Waals surface area contributed by atoms with Crippen molar-refractivity contribution in [1.29, 1.82) is 0 Å². The SMILES string of the molecule is CNC(=O)C1CN(C(=O)c2oc3ccccc3c2C)c2ccccc2O1. The van der Waals surface area contributed by atoms with Crippen molar-refractivity contribution in [2.45, 2.75) is 13.0 Å². The third-order valence-corrected chi connectivity index (χ3v) is 4.60. The third kappa shape index (κ3) is 2.50. The van der Waals surface area contributed by atoms with E-state index >= 15 is 0 Å². The summed E-state index contributed by atoms with van der Waals surface area (Å²) in [5.41, 5.74) is 2.07. The monoisotopic (exact) mass is 350 g/mol. The Kier molecular flexibility index (Phi) is 3.88. The molecule has 132 valence electrons. The molecule has 1 N–H and O–H groups in total. The van der Waals surface area contributed by atoms with Crippen LogP contribution in [0, 0.1) is 6.92 Å². The Balaban J connectivity index is 1.78. The number of nitrogens with zero attached hydrogens (tertiary/aromatic N) is 1. The van der Waals surface area contributed by atoms with Gasteiger partial charge in [-0.25, -0.2) is 0 Å². The molecule has 0 saturated heterocycles. The fourth-order valence-corrected chi connectivity index (χ4v) is 3.23. The van der Waals surface area contributed by atoms with E-state index in [1.165, 1.54) is 0 Å². The molecule has 4 rings (SSSR count). The lowest BCUT2D eigenvalue weighted by atomic mass is 10.1. The molecule has 26 heavy (non-hydrogen) atoms. The summed E-state index contributed by atoms with van der Waals surface area (Å²) in [5.74, 6) is 0.204. The minimum atomic E-state index is -0.775.